The molecular formula is C16H16FIO2. The number of hydrogen-bond acceptors (Lipinski definition) is 1. The fourth-order valence-electron chi connectivity index (χ4n) is 2.37. The van der Waals surface area contributed by atoms with Gasteiger partial charge in [-0.25, -0.2) is 9.18 Å². The van der Waals surface area contributed by atoms with Crippen molar-refractivity contribution >= 4 is 28.6 Å². The van der Waals surface area contributed by atoms with Crippen molar-refractivity contribution in [3.8, 4) is 11.8 Å². The van der Waals surface area contributed by atoms with E-state index in [1.807, 2.05) is 0 Å². The van der Waals surface area contributed by atoms with Crippen LogP contribution in [0, 0.1) is 17.8 Å². The molecule has 0 spiro atoms. The van der Waals surface area contributed by atoms with Gasteiger partial charge in [-0.05, 0) is 59.5 Å². The van der Waals surface area contributed by atoms with E-state index < -0.39 is 9.64 Å². The predicted octanol–water partition coefficient (Wildman–Crippen LogP) is 4.22. The zero-order valence-electron chi connectivity index (χ0n) is 11.0. The lowest BCUT2D eigenvalue weighted by atomic mass is 9.88. The first-order chi connectivity index (χ1) is 9.49. The largest absolute Gasteiger partial charge is 0.478 e. The second kappa shape index (κ2) is 6.57. The Morgan fingerprint density at radius 3 is 2.75 bits per heavy atom. The molecule has 1 N–H and O–H groups in total. The highest BCUT2D eigenvalue weighted by atomic mass is 127. The van der Waals surface area contributed by atoms with E-state index in [2.05, 4.69) is 11.8 Å². The van der Waals surface area contributed by atoms with E-state index in [9.17, 15) is 9.18 Å². The molecule has 2 atom stereocenters. The number of carbonyl (C=O) groups is 1. The van der Waals surface area contributed by atoms with Gasteiger partial charge in [-0.1, -0.05) is 30.4 Å². The summed E-state index contributed by atoms with van der Waals surface area (Å²) in [4.78, 5) is 10.8. The summed E-state index contributed by atoms with van der Waals surface area (Å²) in [6.07, 6.45) is 4.19. The number of rotatable bonds is 3. The van der Waals surface area contributed by atoms with Crippen LogP contribution < -0.4 is 0 Å². The molecule has 2 nitrogen and oxygen atoms in total. The van der Waals surface area contributed by atoms with E-state index in [4.69, 9.17) is 5.11 Å². The third-order valence-corrected chi connectivity index (χ3v) is 4.71. The van der Waals surface area contributed by atoms with Crippen LogP contribution in [0.25, 0.3) is 0 Å². The molecule has 1 aromatic carbocycles. The van der Waals surface area contributed by atoms with E-state index in [-0.39, 0.29) is 11.5 Å². The fraction of sp³-hybridized carbons (Fsp3) is 0.438. The van der Waals surface area contributed by atoms with Crippen molar-refractivity contribution < 1.29 is 14.3 Å². The van der Waals surface area contributed by atoms with Crippen LogP contribution in [0.4, 0.5) is 4.39 Å². The molecule has 0 bridgehead atoms. The number of carboxylic acid groups (broad SMARTS) is 1. The van der Waals surface area contributed by atoms with Gasteiger partial charge in [0.1, 0.15) is 0 Å². The van der Waals surface area contributed by atoms with Crippen LogP contribution in [-0.2, 0) is 6.42 Å². The molecule has 4 heteroatoms. The summed E-state index contributed by atoms with van der Waals surface area (Å²) in [6.45, 7) is 0. The van der Waals surface area contributed by atoms with E-state index in [0.717, 1.165) is 31.2 Å². The average Bonchev–Trinajstić information content (AvgIpc) is 2.40. The topological polar surface area (TPSA) is 37.3 Å². The van der Waals surface area contributed by atoms with Crippen LogP contribution in [0.2, 0.25) is 0 Å². The van der Waals surface area contributed by atoms with Gasteiger partial charge in [-0.15, -0.1) is 0 Å². The van der Waals surface area contributed by atoms with Gasteiger partial charge in [-0.3, -0.25) is 0 Å². The maximum Gasteiger partial charge on any atom is 0.335 e. The average molecular weight is 386 g/mol. The Bertz CT molecular complexity index is 540. The summed E-state index contributed by atoms with van der Waals surface area (Å²) in [6, 6.07) is 6.67. The molecule has 20 heavy (non-hydrogen) atoms. The predicted molar refractivity (Wildman–Crippen MR) is 84.7 cm³/mol. The highest BCUT2D eigenvalue weighted by Gasteiger charge is 2.34. The van der Waals surface area contributed by atoms with Crippen LogP contribution >= 0.6 is 22.6 Å². The van der Waals surface area contributed by atoms with Crippen LogP contribution in [-0.4, -0.2) is 14.8 Å². The van der Waals surface area contributed by atoms with Crippen molar-refractivity contribution in [3.05, 3.63) is 35.4 Å². The molecule has 1 aliphatic rings. The smallest absolute Gasteiger partial charge is 0.335 e. The molecule has 0 saturated carbocycles. The van der Waals surface area contributed by atoms with Crippen molar-refractivity contribution in [2.75, 3.05) is 0 Å². The van der Waals surface area contributed by atoms with Gasteiger partial charge in [0.25, 0.3) is 0 Å². The maximum absolute atomic E-state index is 14.6. The summed E-state index contributed by atoms with van der Waals surface area (Å²) in [5, 5.41) is 8.87. The maximum atomic E-state index is 14.6. The van der Waals surface area contributed by atoms with Crippen molar-refractivity contribution in [1.29, 1.82) is 0 Å². The molecule has 1 aromatic rings. The zero-order chi connectivity index (χ0) is 14.6. The van der Waals surface area contributed by atoms with E-state index in [1.54, 1.807) is 46.9 Å². The monoisotopic (exact) mass is 386 g/mol. The van der Waals surface area contributed by atoms with Crippen LogP contribution in [0.1, 0.15) is 41.6 Å². The van der Waals surface area contributed by atoms with Gasteiger partial charge >= 0.3 is 5.97 Å². The Morgan fingerprint density at radius 2 is 2.10 bits per heavy atom. The number of hydrogen-bond donors (Lipinski definition) is 1. The number of alkyl halides is 2. The summed E-state index contributed by atoms with van der Waals surface area (Å²) in [5.41, 5.74) is 1.22. The number of halogens is 2. The number of benzene rings is 1. The second-order valence-electron chi connectivity index (χ2n) is 5.07. The van der Waals surface area contributed by atoms with E-state index in [1.165, 1.54) is 0 Å². The molecule has 106 valence electrons. The molecular weight excluding hydrogens is 370 g/mol. The van der Waals surface area contributed by atoms with Crippen molar-refractivity contribution in [2.45, 2.75) is 35.8 Å². The van der Waals surface area contributed by atoms with Gasteiger partial charge in [-0.2, -0.15) is 0 Å². The standard InChI is InChI=1S/C16H16FIO2/c17-16(18)10-4-2-1-3-5-14(16)11-12-6-8-13(9-7-12)15(19)20/h6-9,14H,1-3,5,11H2,(H,19,20). The first kappa shape index (κ1) is 15.3. The minimum atomic E-state index is -1.50. The zero-order valence-corrected chi connectivity index (χ0v) is 13.2. The van der Waals surface area contributed by atoms with Crippen LogP contribution in [0.15, 0.2) is 24.3 Å². The Morgan fingerprint density at radius 1 is 1.40 bits per heavy atom. The summed E-state index contributed by atoms with van der Waals surface area (Å²) in [5.74, 6) is 4.55. The molecule has 0 saturated heterocycles. The minimum Gasteiger partial charge on any atom is -0.478 e. The third-order valence-electron chi connectivity index (χ3n) is 3.56. The molecule has 0 aromatic heterocycles. The van der Waals surface area contributed by atoms with Crippen LogP contribution in [0.3, 0.4) is 0 Å². The highest BCUT2D eigenvalue weighted by molar-refractivity contribution is 14.1. The normalized spacial score (nSPS) is 26.0. The molecule has 2 rings (SSSR count). The van der Waals surface area contributed by atoms with Gasteiger partial charge in [0.2, 0.25) is 3.68 Å². The molecule has 2 unspecified atom stereocenters. The quantitative estimate of drug-likeness (QED) is 0.480. The minimum absolute atomic E-state index is 0.147. The van der Waals surface area contributed by atoms with Crippen molar-refractivity contribution in [2.24, 2.45) is 5.92 Å². The number of aromatic carboxylic acids is 1. The van der Waals surface area contributed by atoms with Gasteiger partial charge in [0.05, 0.1) is 5.56 Å². The highest BCUT2D eigenvalue weighted by Crippen LogP contribution is 2.36. The Kier molecular flexibility index (Phi) is 5.03. The first-order valence-electron chi connectivity index (χ1n) is 6.69. The fourth-order valence-corrected chi connectivity index (χ4v) is 3.09. The second-order valence-corrected chi connectivity index (χ2v) is 6.64. The number of carboxylic acids is 1. The Labute approximate surface area is 131 Å². The lowest BCUT2D eigenvalue weighted by Crippen LogP contribution is -2.27. The summed E-state index contributed by atoms with van der Waals surface area (Å²) in [7, 11) is 0. The van der Waals surface area contributed by atoms with Gasteiger partial charge < -0.3 is 5.11 Å². The van der Waals surface area contributed by atoms with Gasteiger partial charge in [0, 0.05) is 12.3 Å². The summed E-state index contributed by atoms with van der Waals surface area (Å²) >= 11 is 1.80. The first-order valence-corrected chi connectivity index (χ1v) is 7.77. The molecule has 1 aliphatic carbocycles. The lowest BCUT2D eigenvalue weighted by Gasteiger charge is -2.26. The summed E-state index contributed by atoms with van der Waals surface area (Å²) < 4.78 is 13.1. The molecule has 0 amide bonds. The molecule has 0 aliphatic heterocycles. The lowest BCUT2D eigenvalue weighted by molar-refractivity contribution is 0.0697. The van der Waals surface area contributed by atoms with Crippen molar-refractivity contribution in [1.82, 2.24) is 0 Å². The third kappa shape index (κ3) is 3.95. The van der Waals surface area contributed by atoms with E-state index in [0.29, 0.717) is 6.42 Å². The molecule has 0 heterocycles. The van der Waals surface area contributed by atoms with Gasteiger partial charge in [0.15, 0.2) is 0 Å². The Balaban J connectivity index is 2.13. The molecule has 0 radical (unpaired) electrons. The molecule has 0 fully saturated rings. The van der Waals surface area contributed by atoms with Crippen molar-refractivity contribution in [3.63, 3.8) is 0 Å². The SMILES string of the molecule is O=C(O)c1ccc(CC2CCCCC#CC2(F)I)cc1. The Hall–Kier alpha value is -1.09. The van der Waals surface area contributed by atoms with E-state index >= 15 is 0 Å². The van der Waals surface area contributed by atoms with Crippen LogP contribution in [0.5, 0.6) is 0 Å².